The molecule has 0 spiro atoms. The minimum atomic E-state index is -3.76. The van der Waals surface area contributed by atoms with Gasteiger partial charge in [0.25, 0.3) is 0 Å². The van der Waals surface area contributed by atoms with Crippen molar-refractivity contribution in [2.45, 2.75) is 48.7 Å². The van der Waals surface area contributed by atoms with Gasteiger partial charge in [0.1, 0.15) is 11.4 Å². The summed E-state index contributed by atoms with van der Waals surface area (Å²) < 4.78 is 27.0. The Morgan fingerprint density at radius 1 is 1.16 bits per heavy atom. The Balaban J connectivity index is 1.42. The molecule has 2 aromatic rings. The third kappa shape index (κ3) is 4.38. The molecule has 0 aliphatic carbocycles. The lowest BCUT2D eigenvalue weighted by atomic mass is 9.77. The van der Waals surface area contributed by atoms with E-state index in [0.29, 0.717) is 0 Å². The fourth-order valence-corrected chi connectivity index (χ4v) is 6.09. The first-order chi connectivity index (χ1) is 14.6. The van der Waals surface area contributed by atoms with E-state index in [1.165, 1.54) is 16.4 Å². The molecule has 2 N–H and O–H groups in total. The molecule has 1 aromatic carbocycles. The fourth-order valence-electron chi connectivity index (χ4n) is 4.56. The van der Waals surface area contributed by atoms with Gasteiger partial charge in [0.15, 0.2) is 0 Å². The summed E-state index contributed by atoms with van der Waals surface area (Å²) in [6, 6.07) is 10.1. The van der Waals surface area contributed by atoms with Crippen LogP contribution in [0.3, 0.4) is 0 Å². The minimum absolute atomic E-state index is 0.0657. The van der Waals surface area contributed by atoms with Gasteiger partial charge in [-0.05, 0) is 51.1 Å². The van der Waals surface area contributed by atoms with Crippen LogP contribution in [0.15, 0.2) is 47.5 Å². The SMILES string of the molecule is Cc1nccc(C2(C)CCN(C[C@]3(O)CN(S(=O)(=O)c4ccccc4)C[C@H]3O)CC2)n1. The number of aliphatic hydroxyl groups excluding tert-OH is 1. The highest BCUT2D eigenvalue weighted by atomic mass is 32.2. The summed E-state index contributed by atoms with van der Waals surface area (Å²) in [4.78, 5) is 11.1. The lowest BCUT2D eigenvalue weighted by Crippen LogP contribution is -2.54. The molecule has 0 bridgehead atoms. The number of benzene rings is 1. The zero-order chi connectivity index (χ0) is 22.3. The normalized spacial score (nSPS) is 27.4. The zero-order valence-electron chi connectivity index (χ0n) is 18.0. The third-order valence-electron chi connectivity index (χ3n) is 6.68. The van der Waals surface area contributed by atoms with Gasteiger partial charge >= 0.3 is 0 Å². The summed E-state index contributed by atoms with van der Waals surface area (Å²) >= 11 is 0. The van der Waals surface area contributed by atoms with Gasteiger partial charge in [0.05, 0.1) is 16.7 Å². The second-order valence-corrected chi connectivity index (χ2v) is 11.0. The molecule has 9 heteroatoms. The molecule has 2 aliphatic heterocycles. The molecule has 1 aromatic heterocycles. The Bertz CT molecular complexity index is 1020. The number of hydrogen-bond donors (Lipinski definition) is 2. The Labute approximate surface area is 183 Å². The predicted octanol–water partition coefficient (Wildman–Crippen LogP) is 0.935. The summed E-state index contributed by atoms with van der Waals surface area (Å²) in [5.74, 6) is 0.754. The van der Waals surface area contributed by atoms with Crippen molar-refractivity contribution in [3.8, 4) is 0 Å². The van der Waals surface area contributed by atoms with Crippen LogP contribution in [0.1, 0.15) is 31.3 Å². The first kappa shape index (κ1) is 22.3. The molecule has 0 saturated carbocycles. The van der Waals surface area contributed by atoms with Crippen LogP contribution in [-0.2, 0) is 15.4 Å². The van der Waals surface area contributed by atoms with Crippen LogP contribution in [-0.4, -0.2) is 82.2 Å². The van der Waals surface area contributed by atoms with E-state index in [1.54, 1.807) is 24.4 Å². The second-order valence-electron chi connectivity index (χ2n) is 9.06. The number of hydrogen-bond acceptors (Lipinski definition) is 7. The lowest BCUT2D eigenvalue weighted by Gasteiger charge is -2.42. The van der Waals surface area contributed by atoms with E-state index in [9.17, 15) is 18.6 Å². The van der Waals surface area contributed by atoms with Gasteiger partial charge < -0.3 is 15.1 Å². The van der Waals surface area contributed by atoms with Gasteiger partial charge in [0.2, 0.25) is 10.0 Å². The summed E-state index contributed by atoms with van der Waals surface area (Å²) in [5.41, 5.74) is -0.537. The maximum absolute atomic E-state index is 12.9. The molecule has 0 amide bonds. The average Bonchev–Trinajstić information content (AvgIpc) is 3.05. The van der Waals surface area contributed by atoms with Crippen LogP contribution in [0.5, 0.6) is 0 Å². The summed E-state index contributed by atoms with van der Waals surface area (Å²) in [6.07, 6.45) is 2.38. The van der Waals surface area contributed by atoms with Gasteiger partial charge in [0, 0.05) is 31.2 Å². The molecule has 31 heavy (non-hydrogen) atoms. The Morgan fingerprint density at radius 3 is 2.48 bits per heavy atom. The van der Waals surface area contributed by atoms with Gasteiger partial charge in [-0.3, -0.25) is 0 Å². The van der Waals surface area contributed by atoms with E-state index >= 15 is 0 Å². The first-order valence-corrected chi connectivity index (χ1v) is 12.0. The number of aliphatic hydroxyl groups is 2. The topological polar surface area (TPSA) is 107 Å². The standard InChI is InChI=1S/C22H30N4O4S/c1-17-23-11-8-19(24-17)21(2)9-12-25(13-10-21)15-22(28)16-26(14-20(22)27)31(29,30)18-6-4-3-5-7-18/h3-8,11,20,27-28H,9-10,12-16H2,1-2H3/t20-,22+/m1/s1. The lowest BCUT2D eigenvalue weighted by molar-refractivity contribution is -0.0658. The van der Waals surface area contributed by atoms with E-state index in [2.05, 4.69) is 21.8 Å². The second kappa shape index (κ2) is 8.22. The number of nitrogens with zero attached hydrogens (tertiary/aromatic N) is 4. The van der Waals surface area contributed by atoms with E-state index in [-0.39, 0.29) is 29.9 Å². The monoisotopic (exact) mass is 446 g/mol. The van der Waals surface area contributed by atoms with Crippen LogP contribution in [0, 0.1) is 6.92 Å². The molecule has 0 unspecified atom stereocenters. The molecule has 2 fully saturated rings. The van der Waals surface area contributed by atoms with Gasteiger partial charge in [-0.15, -0.1) is 0 Å². The molecule has 0 radical (unpaired) electrons. The molecule has 2 saturated heterocycles. The van der Waals surface area contributed by atoms with Crippen LogP contribution in [0.25, 0.3) is 0 Å². The summed E-state index contributed by atoms with van der Waals surface area (Å²) in [6.45, 7) is 5.55. The average molecular weight is 447 g/mol. The van der Waals surface area contributed by atoms with E-state index in [1.807, 2.05) is 13.0 Å². The highest BCUT2D eigenvalue weighted by Gasteiger charge is 2.50. The zero-order valence-corrected chi connectivity index (χ0v) is 18.8. The number of aryl methyl sites for hydroxylation is 1. The van der Waals surface area contributed by atoms with Crippen LogP contribution in [0.2, 0.25) is 0 Å². The highest BCUT2D eigenvalue weighted by molar-refractivity contribution is 7.89. The van der Waals surface area contributed by atoms with Crippen molar-refractivity contribution in [3.63, 3.8) is 0 Å². The quantitative estimate of drug-likeness (QED) is 0.704. The van der Waals surface area contributed by atoms with Crippen molar-refractivity contribution in [1.82, 2.24) is 19.2 Å². The minimum Gasteiger partial charge on any atom is -0.389 e. The molecule has 3 heterocycles. The van der Waals surface area contributed by atoms with Crippen molar-refractivity contribution < 1.29 is 18.6 Å². The molecular weight excluding hydrogens is 416 g/mol. The summed E-state index contributed by atoms with van der Waals surface area (Å²) in [7, 11) is -3.76. The van der Waals surface area contributed by atoms with E-state index < -0.39 is 21.7 Å². The molecular formula is C22H30N4O4S. The Hall–Kier alpha value is -1.91. The maximum Gasteiger partial charge on any atom is 0.243 e. The van der Waals surface area contributed by atoms with Crippen molar-refractivity contribution in [1.29, 1.82) is 0 Å². The third-order valence-corrected chi connectivity index (χ3v) is 8.51. The number of likely N-dealkylation sites (tertiary alicyclic amines) is 1. The smallest absolute Gasteiger partial charge is 0.243 e. The van der Waals surface area contributed by atoms with Crippen LogP contribution in [0.4, 0.5) is 0 Å². The fraction of sp³-hybridized carbons (Fsp3) is 0.545. The number of β-amino-alcohol motifs (C(OH)–C–C–N with tert-alkyl or cyclic N) is 2. The Morgan fingerprint density at radius 2 is 1.84 bits per heavy atom. The molecule has 4 rings (SSSR count). The predicted molar refractivity (Wildman–Crippen MR) is 116 cm³/mol. The highest BCUT2D eigenvalue weighted by Crippen LogP contribution is 2.35. The molecule has 168 valence electrons. The van der Waals surface area contributed by atoms with Crippen molar-refractivity contribution in [2.75, 3.05) is 32.7 Å². The molecule has 2 atom stereocenters. The van der Waals surface area contributed by atoms with Gasteiger partial charge in [-0.2, -0.15) is 4.31 Å². The van der Waals surface area contributed by atoms with Crippen molar-refractivity contribution in [3.05, 3.63) is 54.1 Å². The van der Waals surface area contributed by atoms with Crippen LogP contribution >= 0.6 is 0 Å². The largest absolute Gasteiger partial charge is 0.389 e. The number of piperidine rings is 1. The van der Waals surface area contributed by atoms with E-state index in [4.69, 9.17) is 0 Å². The van der Waals surface area contributed by atoms with Crippen molar-refractivity contribution >= 4 is 10.0 Å². The molecule has 2 aliphatic rings. The van der Waals surface area contributed by atoms with Crippen LogP contribution < -0.4 is 0 Å². The van der Waals surface area contributed by atoms with E-state index in [0.717, 1.165) is 37.4 Å². The number of aromatic nitrogens is 2. The first-order valence-electron chi connectivity index (χ1n) is 10.6. The van der Waals surface area contributed by atoms with Crippen molar-refractivity contribution in [2.24, 2.45) is 0 Å². The number of rotatable bonds is 5. The van der Waals surface area contributed by atoms with Gasteiger partial charge in [-0.1, -0.05) is 25.1 Å². The Kier molecular flexibility index (Phi) is 5.91. The number of sulfonamides is 1. The van der Waals surface area contributed by atoms with Gasteiger partial charge in [-0.25, -0.2) is 18.4 Å². The summed E-state index contributed by atoms with van der Waals surface area (Å²) in [5, 5.41) is 21.7. The maximum atomic E-state index is 12.9. The molecule has 8 nitrogen and oxygen atoms in total.